The maximum atomic E-state index is 12.7. The van der Waals surface area contributed by atoms with E-state index in [1.54, 1.807) is 42.3 Å². The van der Waals surface area contributed by atoms with E-state index < -0.39 is 0 Å². The van der Waals surface area contributed by atoms with E-state index in [1.165, 1.54) is 0 Å². The summed E-state index contributed by atoms with van der Waals surface area (Å²) in [4.78, 5) is 20.8. The van der Waals surface area contributed by atoms with Crippen molar-refractivity contribution >= 4 is 23.4 Å². The first-order valence-electron chi connectivity index (χ1n) is 9.44. The molecule has 8 heteroatoms. The number of hydrogen-bond donors (Lipinski definition) is 0. The summed E-state index contributed by atoms with van der Waals surface area (Å²) < 4.78 is 11.2. The maximum Gasteiger partial charge on any atom is 0.254 e. The van der Waals surface area contributed by atoms with Gasteiger partial charge in [-0.1, -0.05) is 23.7 Å². The van der Waals surface area contributed by atoms with E-state index in [-0.39, 0.29) is 11.6 Å². The van der Waals surface area contributed by atoms with Gasteiger partial charge >= 0.3 is 0 Å². The standard InChI is InChI=1S/C22H19ClN4O3/c1-29-18-7-3-4-15(13-18)20-25-19(14-24)22(30-20)27-10-8-26(9-11-27)21(28)16-5-2-6-17(23)12-16/h2-7,12-13H,8-11H2,1H3. The molecule has 0 radical (unpaired) electrons. The first-order chi connectivity index (χ1) is 14.6. The number of nitriles is 1. The second kappa shape index (κ2) is 8.47. The minimum Gasteiger partial charge on any atom is -0.497 e. The molecule has 0 atom stereocenters. The van der Waals surface area contributed by atoms with E-state index in [2.05, 4.69) is 11.1 Å². The van der Waals surface area contributed by atoms with Crippen molar-refractivity contribution in [1.29, 1.82) is 5.26 Å². The molecule has 1 aliphatic heterocycles. The van der Waals surface area contributed by atoms with Crippen LogP contribution in [0.25, 0.3) is 11.5 Å². The number of aromatic nitrogens is 1. The molecule has 4 rings (SSSR count). The third-order valence-corrected chi connectivity index (χ3v) is 5.19. The van der Waals surface area contributed by atoms with Gasteiger partial charge in [0.25, 0.3) is 5.91 Å². The molecule has 0 unspecified atom stereocenters. The lowest BCUT2D eigenvalue weighted by molar-refractivity contribution is 0.0745. The number of halogens is 1. The minimum absolute atomic E-state index is 0.0627. The van der Waals surface area contributed by atoms with E-state index in [1.807, 2.05) is 23.1 Å². The Hall–Kier alpha value is -3.50. The zero-order valence-corrected chi connectivity index (χ0v) is 17.1. The first-order valence-corrected chi connectivity index (χ1v) is 9.82. The van der Waals surface area contributed by atoms with Crippen molar-refractivity contribution in [2.45, 2.75) is 0 Å². The predicted octanol–water partition coefficient (Wildman–Crippen LogP) is 3.84. The van der Waals surface area contributed by atoms with Gasteiger partial charge in [-0.25, -0.2) is 0 Å². The van der Waals surface area contributed by atoms with Crippen LogP contribution in [0.3, 0.4) is 0 Å². The van der Waals surface area contributed by atoms with Gasteiger partial charge in [-0.2, -0.15) is 10.2 Å². The van der Waals surface area contributed by atoms with E-state index in [0.717, 1.165) is 5.56 Å². The highest BCUT2D eigenvalue weighted by Crippen LogP contribution is 2.30. The number of ether oxygens (including phenoxy) is 1. The second-order valence-electron chi connectivity index (χ2n) is 6.81. The topological polar surface area (TPSA) is 82.6 Å². The quantitative estimate of drug-likeness (QED) is 0.635. The molecule has 1 aliphatic rings. The number of methoxy groups -OCH3 is 1. The molecule has 0 bridgehead atoms. The average molecular weight is 423 g/mol. The van der Waals surface area contributed by atoms with Crippen LogP contribution in [0.1, 0.15) is 16.1 Å². The van der Waals surface area contributed by atoms with Gasteiger partial charge in [0.1, 0.15) is 11.8 Å². The van der Waals surface area contributed by atoms with Gasteiger partial charge in [-0.3, -0.25) is 4.79 Å². The summed E-state index contributed by atoms with van der Waals surface area (Å²) in [5.74, 6) is 1.40. The van der Waals surface area contributed by atoms with Crippen LogP contribution in [-0.4, -0.2) is 49.1 Å². The lowest BCUT2D eigenvalue weighted by atomic mass is 10.2. The lowest BCUT2D eigenvalue weighted by Gasteiger charge is -2.34. The number of carbonyl (C=O) groups excluding carboxylic acids is 1. The maximum absolute atomic E-state index is 12.7. The molecule has 1 saturated heterocycles. The van der Waals surface area contributed by atoms with Gasteiger partial charge in [-0.05, 0) is 36.4 Å². The number of benzene rings is 2. The van der Waals surface area contributed by atoms with E-state index >= 15 is 0 Å². The molecule has 7 nitrogen and oxygen atoms in total. The summed E-state index contributed by atoms with van der Waals surface area (Å²) in [6.07, 6.45) is 0. The third kappa shape index (κ3) is 3.95. The highest BCUT2D eigenvalue weighted by atomic mass is 35.5. The van der Waals surface area contributed by atoms with Crippen molar-refractivity contribution in [3.8, 4) is 23.3 Å². The molecule has 0 spiro atoms. The molecule has 1 amide bonds. The fourth-order valence-electron chi connectivity index (χ4n) is 3.40. The van der Waals surface area contributed by atoms with Crippen molar-refractivity contribution in [3.63, 3.8) is 0 Å². The van der Waals surface area contributed by atoms with E-state index in [9.17, 15) is 10.1 Å². The largest absolute Gasteiger partial charge is 0.497 e. The van der Waals surface area contributed by atoms with Crippen LogP contribution >= 0.6 is 11.6 Å². The van der Waals surface area contributed by atoms with Gasteiger partial charge in [0.05, 0.1) is 7.11 Å². The van der Waals surface area contributed by atoms with Gasteiger partial charge in [-0.15, -0.1) is 0 Å². The summed E-state index contributed by atoms with van der Waals surface area (Å²) in [7, 11) is 1.59. The molecule has 30 heavy (non-hydrogen) atoms. The molecule has 152 valence electrons. The highest BCUT2D eigenvalue weighted by molar-refractivity contribution is 6.30. The number of anilines is 1. The molecule has 2 aromatic carbocycles. The Bertz CT molecular complexity index is 1110. The summed E-state index contributed by atoms with van der Waals surface area (Å²) in [5, 5.41) is 10.1. The smallest absolute Gasteiger partial charge is 0.254 e. The van der Waals surface area contributed by atoms with Gasteiger partial charge in [0, 0.05) is 42.3 Å². The number of nitrogens with zero attached hydrogens (tertiary/aromatic N) is 4. The lowest BCUT2D eigenvalue weighted by Crippen LogP contribution is -2.48. The summed E-state index contributed by atoms with van der Waals surface area (Å²) in [5.41, 5.74) is 1.52. The third-order valence-electron chi connectivity index (χ3n) is 4.96. The molecule has 1 fully saturated rings. The Morgan fingerprint density at radius 1 is 1.17 bits per heavy atom. The van der Waals surface area contributed by atoms with Crippen molar-refractivity contribution < 1.29 is 13.9 Å². The predicted molar refractivity (Wildman–Crippen MR) is 113 cm³/mol. The van der Waals surface area contributed by atoms with Crippen molar-refractivity contribution in [3.05, 3.63) is 64.8 Å². The number of carbonyl (C=O) groups is 1. The monoisotopic (exact) mass is 422 g/mol. The Morgan fingerprint density at radius 3 is 2.63 bits per heavy atom. The SMILES string of the molecule is COc1cccc(-c2nc(C#N)c(N3CCN(C(=O)c4cccc(Cl)c4)CC3)o2)c1. The fourth-order valence-corrected chi connectivity index (χ4v) is 3.59. The molecule has 3 aromatic rings. The second-order valence-corrected chi connectivity index (χ2v) is 7.24. The molecule has 0 saturated carbocycles. The fraction of sp³-hybridized carbons (Fsp3) is 0.227. The summed E-state index contributed by atoms with van der Waals surface area (Å²) in [6, 6.07) is 16.3. The molecule has 1 aromatic heterocycles. The Labute approximate surface area is 179 Å². The Kier molecular flexibility index (Phi) is 5.59. The van der Waals surface area contributed by atoms with Crippen LogP contribution in [0, 0.1) is 11.3 Å². The van der Waals surface area contributed by atoms with Crippen molar-refractivity contribution in [1.82, 2.24) is 9.88 Å². The van der Waals surface area contributed by atoms with Crippen LogP contribution in [-0.2, 0) is 0 Å². The molecule has 0 aliphatic carbocycles. The number of oxazole rings is 1. The van der Waals surface area contributed by atoms with Crippen LogP contribution in [0.2, 0.25) is 5.02 Å². The van der Waals surface area contributed by atoms with Crippen molar-refractivity contribution in [2.24, 2.45) is 0 Å². The zero-order valence-electron chi connectivity index (χ0n) is 16.3. The van der Waals surface area contributed by atoms with Crippen LogP contribution in [0.4, 0.5) is 5.88 Å². The normalized spacial score (nSPS) is 13.8. The number of amides is 1. The Morgan fingerprint density at radius 2 is 1.93 bits per heavy atom. The summed E-state index contributed by atoms with van der Waals surface area (Å²) in [6.45, 7) is 2.08. The number of rotatable bonds is 4. The minimum atomic E-state index is -0.0627. The number of hydrogen-bond acceptors (Lipinski definition) is 6. The van der Waals surface area contributed by atoms with E-state index in [0.29, 0.717) is 54.3 Å². The highest BCUT2D eigenvalue weighted by Gasteiger charge is 2.27. The Balaban J connectivity index is 1.50. The molecular weight excluding hydrogens is 404 g/mol. The zero-order chi connectivity index (χ0) is 21.1. The van der Waals surface area contributed by atoms with E-state index in [4.69, 9.17) is 20.8 Å². The van der Waals surface area contributed by atoms with Crippen LogP contribution < -0.4 is 9.64 Å². The molecular formula is C22H19ClN4O3. The van der Waals surface area contributed by atoms with Gasteiger partial charge in [0.2, 0.25) is 17.5 Å². The number of piperazine rings is 1. The van der Waals surface area contributed by atoms with Crippen LogP contribution in [0.5, 0.6) is 5.75 Å². The first kappa shape index (κ1) is 19.8. The molecule has 2 heterocycles. The van der Waals surface area contributed by atoms with Crippen LogP contribution in [0.15, 0.2) is 52.9 Å². The van der Waals surface area contributed by atoms with Crippen molar-refractivity contribution in [2.75, 3.05) is 38.2 Å². The summed E-state index contributed by atoms with van der Waals surface area (Å²) >= 11 is 6.00. The van der Waals surface area contributed by atoms with Gasteiger partial charge in [0.15, 0.2) is 0 Å². The molecule has 0 N–H and O–H groups in total. The van der Waals surface area contributed by atoms with Gasteiger partial charge < -0.3 is 19.0 Å². The average Bonchev–Trinajstić information content (AvgIpc) is 3.23.